The Hall–Kier alpha value is -2.64. The van der Waals surface area contributed by atoms with Gasteiger partial charge in [0.1, 0.15) is 0 Å². The van der Waals surface area contributed by atoms with Gasteiger partial charge < -0.3 is 5.32 Å². The second-order valence-electron chi connectivity index (χ2n) is 7.32. The molecular weight excluding hydrogens is 416 g/mol. The molecule has 0 saturated heterocycles. The van der Waals surface area contributed by atoms with E-state index in [4.69, 9.17) is 0 Å². The number of aryl methyl sites for hydroxylation is 2. The highest BCUT2D eigenvalue weighted by Crippen LogP contribution is 2.27. The van der Waals surface area contributed by atoms with E-state index in [1.54, 1.807) is 36.5 Å². The summed E-state index contributed by atoms with van der Waals surface area (Å²) < 4.78 is 25.7. The van der Waals surface area contributed by atoms with Crippen LogP contribution >= 0.6 is 11.3 Å². The molecular formula is C23H26N2O3S2. The fourth-order valence-electron chi connectivity index (χ4n) is 3.23. The summed E-state index contributed by atoms with van der Waals surface area (Å²) in [5.74, 6) is -0.261. The fraction of sp³-hybridized carbons (Fsp3) is 0.261. The van der Waals surface area contributed by atoms with Gasteiger partial charge >= 0.3 is 0 Å². The largest absolute Gasteiger partial charge is 0.340 e. The molecule has 0 bridgehead atoms. The molecule has 0 radical (unpaired) electrons. The minimum absolute atomic E-state index is 0.261. The molecule has 0 aliphatic heterocycles. The number of thiophene rings is 1. The Labute approximate surface area is 182 Å². The normalized spacial score (nSPS) is 12.4. The predicted octanol–water partition coefficient (Wildman–Crippen LogP) is 4.90. The second kappa shape index (κ2) is 9.45. The number of sulfonamides is 1. The molecule has 1 atom stereocenters. The van der Waals surface area contributed by atoms with Gasteiger partial charge in [0.2, 0.25) is 10.0 Å². The van der Waals surface area contributed by atoms with Gasteiger partial charge in [-0.15, -0.1) is 11.3 Å². The predicted molar refractivity (Wildman–Crippen MR) is 124 cm³/mol. The van der Waals surface area contributed by atoms with Gasteiger partial charge in [0.05, 0.1) is 18.0 Å². The number of nitrogens with one attached hydrogen (secondary N) is 2. The molecule has 0 fully saturated rings. The average molecular weight is 443 g/mol. The average Bonchev–Trinajstić information content (AvgIpc) is 3.22. The van der Waals surface area contributed by atoms with Crippen LogP contribution in [0.5, 0.6) is 0 Å². The van der Waals surface area contributed by atoms with Gasteiger partial charge in [-0.3, -0.25) is 9.52 Å². The van der Waals surface area contributed by atoms with Crippen LogP contribution in [-0.2, 0) is 16.4 Å². The third-order valence-electron chi connectivity index (χ3n) is 4.75. The number of carbonyl (C=O) groups is 1. The molecule has 1 unspecified atom stereocenters. The summed E-state index contributed by atoms with van der Waals surface area (Å²) in [5, 5.41) is 5.09. The molecule has 30 heavy (non-hydrogen) atoms. The van der Waals surface area contributed by atoms with E-state index < -0.39 is 10.0 Å². The zero-order chi connectivity index (χ0) is 21.7. The first-order valence-electron chi connectivity index (χ1n) is 9.78. The molecule has 1 aromatic heterocycles. The summed E-state index contributed by atoms with van der Waals surface area (Å²) in [5.41, 5.74) is 3.83. The number of benzene rings is 2. The van der Waals surface area contributed by atoms with Gasteiger partial charge in [-0.2, -0.15) is 0 Å². The summed E-state index contributed by atoms with van der Waals surface area (Å²) in [7, 11) is -3.43. The standard InChI is InChI=1S/C23H26N2O3S2/c1-4-6-17-9-12-18(13-10-17)22(21-7-5-14-29-21)24-23(26)19-11-8-16(2)20(15-19)25-30(3,27)28/h5,7-15,22,25H,4,6H2,1-3H3,(H,24,26). The smallest absolute Gasteiger partial charge is 0.252 e. The molecule has 0 aliphatic rings. The lowest BCUT2D eigenvalue weighted by Crippen LogP contribution is -2.29. The molecule has 1 heterocycles. The lowest BCUT2D eigenvalue weighted by atomic mass is 10.0. The number of amides is 1. The van der Waals surface area contributed by atoms with Gasteiger partial charge in [-0.1, -0.05) is 49.7 Å². The zero-order valence-corrected chi connectivity index (χ0v) is 18.9. The van der Waals surface area contributed by atoms with Gasteiger partial charge in [-0.25, -0.2) is 8.42 Å². The Morgan fingerprint density at radius 3 is 2.43 bits per heavy atom. The van der Waals surface area contributed by atoms with Crippen LogP contribution in [0.1, 0.15) is 51.3 Å². The minimum atomic E-state index is -3.43. The third kappa shape index (κ3) is 5.70. The van der Waals surface area contributed by atoms with E-state index in [-0.39, 0.29) is 11.9 Å². The summed E-state index contributed by atoms with van der Waals surface area (Å²) in [6, 6.07) is 17.0. The zero-order valence-electron chi connectivity index (χ0n) is 17.3. The van der Waals surface area contributed by atoms with E-state index in [0.29, 0.717) is 11.3 Å². The van der Waals surface area contributed by atoms with Crippen molar-refractivity contribution in [1.29, 1.82) is 0 Å². The minimum Gasteiger partial charge on any atom is -0.340 e. The van der Waals surface area contributed by atoms with Gasteiger partial charge in [0, 0.05) is 10.4 Å². The number of anilines is 1. The van der Waals surface area contributed by atoms with Crippen molar-refractivity contribution in [3.8, 4) is 0 Å². The van der Waals surface area contributed by atoms with Crippen molar-refractivity contribution in [2.75, 3.05) is 11.0 Å². The van der Waals surface area contributed by atoms with E-state index in [1.165, 1.54) is 5.56 Å². The highest BCUT2D eigenvalue weighted by Gasteiger charge is 2.20. The first-order valence-corrected chi connectivity index (χ1v) is 12.6. The van der Waals surface area contributed by atoms with Gasteiger partial charge in [0.15, 0.2) is 0 Å². The van der Waals surface area contributed by atoms with Crippen LogP contribution in [0, 0.1) is 6.92 Å². The lowest BCUT2D eigenvalue weighted by molar-refractivity contribution is 0.0943. The molecule has 5 nitrogen and oxygen atoms in total. The van der Waals surface area contributed by atoms with Crippen LogP contribution in [0.2, 0.25) is 0 Å². The molecule has 1 amide bonds. The molecule has 7 heteroatoms. The molecule has 2 N–H and O–H groups in total. The van der Waals surface area contributed by atoms with E-state index in [0.717, 1.165) is 35.1 Å². The van der Waals surface area contributed by atoms with Crippen LogP contribution in [-0.4, -0.2) is 20.6 Å². The fourth-order valence-corrected chi connectivity index (χ4v) is 4.65. The van der Waals surface area contributed by atoms with Crippen molar-refractivity contribution in [3.63, 3.8) is 0 Å². The maximum absolute atomic E-state index is 13.0. The molecule has 158 valence electrons. The molecule has 0 saturated carbocycles. The first-order chi connectivity index (χ1) is 14.3. The molecule has 0 spiro atoms. The molecule has 0 aliphatic carbocycles. The topological polar surface area (TPSA) is 75.3 Å². The van der Waals surface area contributed by atoms with Crippen LogP contribution in [0.3, 0.4) is 0 Å². The summed E-state index contributed by atoms with van der Waals surface area (Å²) in [6.07, 6.45) is 3.20. The van der Waals surface area contributed by atoms with Crippen molar-refractivity contribution in [3.05, 3.63) is 87.1 Å². The number of hydrogen-bond acceptors (Lipinski definition) is 4. The van der Waals surface area contributed by atoms with E-state index in [2.05, 4.69) is 41.2 Å². The lowest BCUT2D eigenvalue weighted by Gasteiger charge is -2.19. The SMILES string of the molecule is CCCc1ccc(C(NC(=O)c2ccc(C)c(NS(C)(=O)=O)c2)c2cccs2)cc1. The Morgan fingerprint density at radius 1 is 1.10 bits per heavy atom. The highest BCUT2D eigenvalue weighted by atomic mass is 32.2. The second-order valence-corrected chi connectivity index (χ2v) is 10.0. The van der Waals surface area contributed by atoms with Crippen molar-refractivity contribution in [2.24, 2.45) is 0 Å². The van der Waals surface area contributed by atoms with Crippen molar-refractivity contribution < 1.29 is 13.2 Å². The Kier molecular flexibility index (Phi) is 6.95. The van der Waals surface area contributed by atoms with E-state index in [1.807, 2.05) is 17.5 Å². The summed E-state index contributed by atoms with van der Waals surface area (Å²) >= 11 is 1.58. The highest BCUT2D eigenvalue weighted by molar-refractivity contribution is 7.92. The monoisotopic (exact) mass is 442 g/mol. The van der Waals surface area contributed by atoms with Crippen LogP contribution in [0.4, 0.5) is 5.69 Å². The van der Waals surface area contributed by atoms with Crippen molar-refractivity contribution in [2.45, 2.75) is 32.7 Å². The number of hydrogen-bond donors (Lipinski definition) is 2. The Bertz CT molecular complexity index is 1110. The maximum atomic E-state index is 13.0. The summed E-state index contributed by atoms with van der Waals surface area (Å²) in [6.45, 7) is 3.94. The van der Waals surface area contributed by atoms with Gasteiger partial charge in [-0.05, 0) is 53.6 Å². The van der Waals surface area contributed by atoms with Crippen molar-refractivity contribution >= 4 is 33.0 Å². The maximum Gasteiger partial charge on any atom is 0.252 e. The molecule has 3 rings (SSSR count). The third-order valence-corrected chi connectivity index (χ3v) is 6.28. The van der Waals surface area contributed by atoms with Crippen LogP contribution < -0.4 is 10.0 Å². The first kappa shape index (κ1) is 22.1. The van der Waals surface area contributed by atoms with Gasteiger partial charge in [0.25, 0.3) is 5.91 Å². The van der Waals surface area contributed by atoms with Crippen LogP contribution in [0.25, 0.3) is 0 Å². The van der Waals surface area contributed by atoms with Crippen molar-refractivity contribution in [1.82, 2.24) is 5.32 Å². The van der Waals surface area contributed by atoms with Crippen LogP contribution in [0.15, 0.2) is 60.0 Å². The quantitative estimate of drug-likeness (QED) is 0.521. The molecule has 3 aromatic rings. The van der Waals surface area contributed by atoms with E-state index >= 15 is 0 Å². The number of rotatable bonds is 8. The Morgan fingerprint density at radius 2 is 1.83 bits per heavy atom. The van der Waals surface area contributed by atoms with E-state index in [9.17, 15) is 13.2 Å². The summed E-state index contributed by atoms with van der Waals surface area (Å²) in [4.78, 5) is 14.1. The molecule has 2 aromatic carbocycles. The number of carbonyl (C=O) groups excluding carboxylic acids is 1. The Balaban J connectivity index is 1.88.